The van der Waals surface area contributed by atoms with Crippen LogP contribution >= 0.6 is 0 Å². The molecule has 0 spiro atoms. The van der Waals surface area contributed by atoms with Gasteiger partial charge in [-0.3, -0.25) is 9.20 Å². The molecule has 0 aliphatic rings. The van der Waals surface area contributed by atoms with Crippen LogP contribution in [0.3, 0.4) is 0 Å². The molecule has 0 aliphatic heterocycles. The molecule has 0 saturated carbocycles. The average Bonchev–Trinajstić information content (AvgIpc) is 2.57. The summed E-state index contributed by atoms with van der Waals surface area (Å²) in [5, 5.41) is 0. The lowest BCUT2D eigenvalue weighted by atomic mass is 9.91. The fourth-order valence-electron chi connectivity index (χ4n) is 1.89. The second-order valence-electron chi connectivity index (χ2n) is 5.10. The Bertz CT molecular complexity index is 547. The second kappa shape index (κ2) is 3.44. The van der Waals surface area contributed by atoms with Crippen molar-refractivity contribution in [1.82, 2.24) is 9.38 Å². The number of aryl methyl sites for hydroxylation is 1. The van der Waals surface area contributed by atoms with Crippen LogP contribution < -0.4 is 0 Å². The van der Waals surface area contributed by atoms with E-state index in [2.05, 4.69) is 25.8 Å². The van der Waals surface area contributed by atoms with Crippen molar-refractivity contribution < 1.29 is 4.79 Å². The van der Waals surface area contributed by atoms with E-state index in [9.17, 15) is 4.79 Å². The summed E-state index contributed by atoms with van der Waals surface area (Å²) in [6, 6.07) is 3.94. The van der Waals surface area contributed by atoms with Crippen molar-refractivity contribution in [2.75, 3.05) is 0 Å². The van der Waals surface area contributed by atoms with Crippen molar-refractivity contribution in [2.45, 2.75) is 33.1 Å². The summed E-state index contributed by atoms with van der Waals surface area (Å²) in [5.41, 5.74) is 3.35. The van der Waals surface area contributed by atoms with Crippen LogP contribution in [-0.4, -0.2) is 15.7 Å². The van der Waals surface area contributed by atoms with Crippen molar-refractivity contribution >= 4 is 11.9 Å². The van der Waals surface area contributed by atoms with Gasteiger partial charge in [0.25, 0.3) is 0 Å². The molecule has 0 amide bonds. The van der Waals surface area contributed by atoms with Gasteiger partial charge in [0.2, 0.25) is 0 Å². The number of hydrogen-bond donors (Lipinski definition) is 0. The van der Waals surface area contributed by atoms with E-state index in [1.54, 1.807) is 0 Å². The first-order valence-electron chi connectivity index (χ1n) is 5.38. The van der Waals surface area contributed by atoms with E-state index < -0.39 is 0 Å². The van der Waals surface area contributed by atoms with Crippen LogP contribution in [0.1, 0.15) is 42.5 Å². The minimum absolute atomic E-state index is 0.116. The fourth-order valence-corrected chi connectivity index (χ4v) is 1.89. The highest BCUT2D eigenvalue weighted by molar-refractivity contribution is 5.77. The SMILES string of the molecule is Cc1cccn2c(C=O)c(C(C)(C)C)nc12. The molecule has 0 N–H and O–H groups in total. The smallest absolute Gasteiger partial charge is 0.168 e. The summed E-state index contributed by atoms with van der Waals surface area (Å²) >= 11 is 0. The highest BCUT2D eigenvalue weighted by Gasteiger charge is 2.23. The number of carbonyl (C=O) groups excluding carboxylic acids is 1. The predicted octanol–water partition coefficient (Wildman–Crippen LogP) is 2.75. The minimum atomic E-state index is -0.116. The van der Waals surface area contributed by atoms with Crippen LogP contribution in [0.15, 0.2) is 18.3 Å². The van der Waals surface area contributed by atoms with E-state index in [1.807, 2.05) is 29.7 Å². The molecule has 0 bridgehead atoms. The molecule has 0 aromatic carbocycles. The molecular formula is C13H16N2O. The van der Waals surface area contributed by atoms with Gasteiger partial charge in [-0.15, -0.1) is 0 Å². The quantitative estimate of drug-likeness (QED) is 0.687. The van der Waals surface area contributed by atoms with Crippen LogP contribution in [0.25, 0.3) is 5.65 Å². The highest BCUT2D eigenvalue weighted by Crippen LogP contribution is 2.26. The molecule has 0 fully saturated rings. The zero-order valence-corrected chi connectivity index (χ0v) is 10.1. The van der Waals surface area contributed by atoms with Crippen molar-refractivity contribution in [2.24, 2.45) is 0 Å². The summed E-state index contributed by atoms with van der Waals surface area (Å²) in [4.78, 5) is 15.8. The third-order valence-corrected chi connectivity index (χ3v) is 2.70. The highest BCUT2D eigenvalue weighted by atomic mass is 16.1. The van der Waals surface area contributed by atoms with Gasteiger partial charge in [-0.2, -0.15) is 0 Å². The summed E-state index contributed by atoms with van der Waals surface area (Å²) in [6.45, 7) is 8.20. The van der Waals surface area contributed by atoms with Crippen molar-refractivity contribution in [3.05, 3.63) is 35.3 Å². The Morgan fingerprint density at radius 3 is 2.62 bits per heavy atom. The normalized spacial score (nSPS) is 12.0. The Balaban J connectivity index is 2.87. The molecule has 16 heavy (non-hydrogen) atoms. The maximum absolute atomic E-state index is 11.2. The number of aromatic nitrogens is 2. The second-order valence-corrected chi connectivity index (χ2v) is 5.10. The van der Waals surface area contributed by atoms with Crippen LogP contribution in [0.2, 0.25) is 0 Å². The molecule has 0 saturated heterocycles. The van der Waals surface area contributed by atoms with Crippen LogP contribution in [0.4, 0.5) is 0 Å². The zero-order valence-electron chi connectivity index (χ0n) is 10.1. The number of hydrogen-bond acceptors (Lipinski definition) is 2. The molecule has 2 aromatic rings. The first-order chi connectivity index (χ1) is 7.45. The van der Waals surface area contributed by atoms with Gasteiger partial charge in [0.15, 0.2) is 6.29 Å². The van der Waals surface area contributed by atoms with Gasteiger partial charge in [-0.1, -0.05) is 26.8 Å². The fraction of sp³-hybridized carbons (Fsp3) is 0.385. The molecule has 3 heteroatoms. The Morgan fingerprint density at radius 1 is 1.38 bits per heavy atom. The van der Waals surface area contributed by atoms with Gasteiger partial charge in [-0.05, 0) is 18.6 Å². The van der Waals surface area contributed by atoms with E-state index in [1.165, 1.54) is 0 Å². The van der Waals surface area contributed by atoms with Crippen molar-refractivity contribution in [3.63, 3.8) is 0 Å². The van der Waals surface area contributed by atoms with Crippen LogP contribution in [-0.2, 0) is 5.41 Å². The molecular weight excluding hydrogens is 200 g/mol. The van der Waals surface area contributed by atoms with Gasteiger partial charge in [0.05, 0.1) is 5.69 Å². The molecule has 0 unspecified atom stereocenters. The van der Waals surface area contributed by atoms with E-state index >= 15 is 0 Å². The zero-order chi connectivity index (χ0) is 11.9. The summed E-state index contributed by atoms with van der Waals surface area (Å²) in [6.07, 6.45) is 2.77. The maximum atomic E-state index is 11.2. The molecule has 0 radical (unpaired) electrons. The lowest BCUT2D eigenvalue weighted by molar-refractivity contribution is 0.111. The van der Waals surface area contributed by atoms with Crippen LogP contribution in [0.5, 0.6) is 0 Å². The van der Waals surface area contributed by atoms with Crippen molar-refractivity contribution in [1.29, 1.82) is 0 Å². The summed E-state index contributed by atoms with van der Waals surface area (Å²) < 4.78 is 1.86. The van der Waals surface area contributed by atoms with Crippen LogP contribution in [0, 0.1) is 6.92 Å². The monoisotopic (exact) mass is 216 g/mol. The van der Waals surface area contributed by atoms with E-state index in [0.717, 1.165) is 23.2 Å². The van der Waals surface area contributed by atoms with E-state index in [4.69, 9.17) is 0 Å². The molecule has 2 heterocycles. The number of carbonyl (C=O) groups is 1. The standard InChI is InChI=1S/C13H16N2O/c1-9-6-5-7-15-10(8-16)11(13(2,3)4)14-12(9)15/h5-8H,1-4H3. The molecule has 3 nitrogen and oxygen atoms in total. The van der Waals surface area contributed by atoms with Gasteiger partial charge in [0, 0.05) is 11.6 Å². The summed E-state index contributed by atoms with van der Waals surface area (Å²) in [5.74, 6) is 0. The molecule has 2 aromatic heterocycles. The van der Waals surface area contributed by atoms with Gasteiger partial charge in [-0.25, -0.2) is 4.98 Å². The van der Waals surface area contributed by atoms with Gasteiger partial charge in [0.1, 0.15) is 11.3 Å². The first-order valence-corrected chi connectivity index (χ1v) is 5.38. The maximum Gasteiger partial charge on any atom is 0.168 e. The number of imidazole rings is 1. The minimum Gasteiger partial charge on any atom is -0.297 e. The Kier molecular flexibility index (Phi) is 2.34. The average molecular weight is 216 g/mol. The first kappa shape index (κ1) is 10.9. The number of fused-ring (bicyclic) bond motifs is 1. The van der Waals surface area contributed by atoms with Gasteiger partial charge < -0.3 is 0 Å². The topological polar surface area (TPSA) is 34.4 Å². The lowest BCUT2D eigenvalue weighted by Gasteiger charge is -2.15. The third-order valence-electron chi connectivity index (χ3n) is 2.70. The Hall–Kier alpha value is -1.64. The largest absolute Gasteiger partial charge is 0.297 e. The van der Waals surface area contributed by atoms with E-state index in [0.29, 0.717) is 5.69 Å². The molecule has 2 rings (SSSR count). The number of rotatable bonds is 1. The number of aldehydes is 1. The van der Waals surface area contributed by atoms with Gasteiger partial charge >= 0.3 is 0 Å². The number of nitrogens with zero attached hydrogens (tertiary/aromatic N) is 2. The number of pyridine rings is 1. The third kappa shape index (κ3) is 1.52. The Labute approximate surface area is 95.1 Å². The summed E-state index contributed by atoms with van der Waals surface area (Å²) in [7, 11) is 0. The molecule has 0 atom stereocenters. The van der Waals surface area contributed by atoms with Crippen molar-refractivity contribution in [3.8, 4) is 0 Å². The molecule has 0 aliphatic carbocycles. The molecule has 84 valence electrons. The van der Waals surface area contributed by atoms with E-state index in [-0.39, 0.29) is 5.41 Å². The Morgan fingerprint density at radius 2 is 2.06 bits per heavy atom. The predicted molar refractivity (Wildman–Crippen MR) is 64.0 cm³/mol. The lowest BCUT2D eigenvalue weighted by Crippen LogP contribution is -2.14.